The number of anilines is 2. The van der Waals surface area contributed by atoms with E-state index < -0.39 is 10.0 Å². The molecule has 146 valence electrons. The Balaban J connectivity index is 2.14. The van der Waals surface area contributed by atoms with Crippen LogP contribution in [0.2, 0.25) is 5.02 Å². The van der Waals surface area contributed by atoms with E-state index in [2.05, 4.69) is 10.6 Å². The van der Waals surface area contributed by atoms with Crippen molar-refractivity contribution < 1.29 is 13.2 Å². The topological polar surface area (TPSA) is 78.5 Å². The molecule has 27 heavy (non-hydrogen) atoms. The van der Waals surface area contributed by atoms with Gasteiger partial charge in [0, 0.05) is 18.8 Å². The first-order valence-electron chi connectivity index (χ1n) is 8.68. The van der Waals surface area contributed by atoms with Crippen molar-refractivity contribution in [3.63, 3.8) is 0 Å². The highest BCUT2D eigenvalue weighted by Gasteiger charge is 2.22. The van der Waals surface area contributed by atoms with E-state index >= 15 is 0 Å². The molecule has 0 aliphatic carbocycles. The summed E-state index contributed by atoms with van der Waals surface area (Å²) < 4.78 is 26.7. The number of hydrogen-bond acceptors (Lipinski definition) is 4. The summed E-state index contributed by atoms with van der Waals surface area (Å²) in [5, 5.41) is 6.25. The fourth-order valence-corrected chi connectivity index (χ4v) is 4.27. The number of amides is 1. The molecule has 2 aromatic rings. The predicted octanol–water partition coefficient (Wildman–Crippen LogP) is 3.73. The number of benzene rings is 2. The van der Waals surface area contributed by atoms with Crippen LogP contribution in [0.25, 0.3) is 0 Å². The van der Waals surface area contributed by atoms with Crippen molar-refractivity contribution in [1.82, 2.24) is 4.31 Å². The van der Waals surface area contributed by atoms with Gasteiger partial charge in [0.05, 0.1) is 22.2 Å². The fourth-order valence-electron chi connectivity index (χ4n) is 2.58. The number of para-hydroxylation sites is 1. The van der Waals surface area contributed by atoms with Crippen LogP contribution in [0.5, 0.6) is 0 Å². The molecule has 0 radical (unpaired) electrons. The summed E-state index contributed by atoms with van der Waals surface area (Å²) in [6, 6.07) is 11.9. The lowest BCUT2D eigenvalue weighted by Crippen LogP contribution is -2.30. The minimum absolute atomic E-state index is 0.0101. The monoisotopic (exact) mass is 409 g/mol. The number of nitrogens with zero attached hydrogens (tertiary/aromatic N) is 1. The van der Waals surface area contributed by atoms with Gasteiger partial charge in [-0.05, 0) is 36.8 Å². The van der Waals surface area contributed by atoms with Crippen molar-refractivity contribution in [3.05, 3.63) is 53.1 Å². The van der Waals surface area contributed by atoms with Gasteiger partial charge in [-0.15, -0.1) is 0 Å². The number of hydrogen-bond donors (Lipinski definition) is 2. The van der Waals surface area contributed by atoms with Crippen LogP contribution in [0, 0.1) is 6.92 Å². The molecule has 0 aromatic heterocycles. The van der Waals surface area contributed by atoms with E-state index in [1.54, 1.807) is 44.2 Å². The number of rotatable bonds is 8. The van der Waals surface area contributed by atoms with Crippen LogP contribution in [0.4, 0.5) is 11.4 Å². The van der Waals surface area contributed by atoms with Gasteiger partial charge < -0.3 is 10.6 Å². The van der Waals surface area contributed by atoms with Gasteiger partial charge in [0.15, 0.2) is 0 Å². The maximum absolute atomic E-state index is 12.7. The lowest BCUT2D eigenvalue weighted by Gasteiger charge is -2.19. The zero-order valence-corrected chi connectivity index (χ0v) is 17.2. The van der Waals surface area contributed by atoms with Gasteiger partial charge in [0.1, 0.15) is 0 Å². The quantitative estimate of drug-likeness (QED) is 0.696. The molecule has 0 heterocycles. The van der Waals surface area contributed by atoms with Gasteiger partial charge in [-0.1, -0.05) is 43.6 Å². The summed E-state index contributed by atoms with van der Waals surface area (Å²) in [7, 11) is -3.59. The third-order valence-corrected chi connectivity index (χ3v) is 6.52. The zero-order valence-electron chi connectivity index (χ0n) is 15.6. The Bertz CT molecular complexity index is 912. The van der Waals surface area contributed by atoms with E-state index in [0.29, 0.717) is 29.5 Å². The predicted molar refractivity (Wildman–Crippen MR) is 110 cm³/mol. The maximum Gasteiger partial charge on any atom is 0.243 e. The van der Waals surface area contributed by atoms with Crippen molar-refractivity contribution in [2.45, 2.75) is 25.7 Å². The Labute approximate surface area is 165 Å². The molecule has 2 N–H and O–H groups in total. The second-order valence-corrected chi connectivity index (χ2v) is 8.29. The molecule has 0 aliphatic rings. The molecule has 0 saturated carbocycles. The van der Waals surface area contributed by atoms with E-state index in [1.165, 1.54) is 10.4 Å². The molecule has 0 fully saturated rings. The first-order valence-corrected chi connectivity index (χ1v) is 10.5. The van der Waals surface area contributed by atoms with E-state index in [-0.39, 0.29) is 17.3 Å². The van der Waals surface area contributed by atoms with Gasteiger partial charge in [-0.25, -0.2) is 8.42 Å². The molecule has 0 spiro atoms. The van der Waals surface area contributed by atoms with Crippen LogP contribution in [0.1, 0.15) is 19.4 Å². The highest BCUT2D eigenvalue weighted by Crippen LogP contribution is 2.23. The van der Waals surface area contributed by atoms with Crippen molar-refractivity contribution in [3.8, 4) is 0 Å². The van der Waals surface area contributed by atoms with Crippen molar-refractivity contribution in [2.24, 2.45) is 0 Å². The van der Waals surface area contributed by atoms with Crippen molar-refractivity contribution in [2.75, 3.05) is 30.3 Å². The number of halogens is 1. The summed E-state index contributed by atoms with van der Waals surface area (Å²) in [6.07, 6.45) is 0. The normalized spacial score (nSPS) is 11.4. The lowest BCUT2D eigenvalue weighted by molar-refractivity contribution is -0.114. The molecule has 0 unspecified atom stereocenters. The second-order valence-electron chi connectivity index (χ2n) is 5.95. The summed E-state index contributed by atoms with van der Waals surface area (Å²) in [5.41, 5.74) is 1.90. The smallest absolute Gasteiger partial charge is 0.243 e. The van der Waals surface area contributed by atoms with Crippen LogP contribution >= 0.6 is 11.6 Å². The minimum atomic E-state index is -3.59. The minimum Gasteiger partial charge on any atom is -0.375 e. The summed E-state index contributed by atoms with van der Waals surface area (Å²) in [5.74, 6) is -0.296. The van der Waals surface area contributed by atoms with E-state index in [1.807, 2.05) is 13.0 Å². The van der Waals surface area contributed by atoms with Gasteiger partial charge in [0.25, 0.3) is 0 Å². The van der Waals surface area contributed by atoms with E-state index in [9.17, 15) is 13.2 Å². The first kappa shape index (κ1) is 21.2. The number of nitrogens with one attached hydrogen (secondary N) is 2. The van der Waals surface area contributed by atoms with Gasteiger partial charge >= 0.3 is 0 Å². The highest BCUT2D eigenvalue weighted by atomic mass is 35.5. The average molecular weight is 410 g/mol. The molecule has 1 amide bonds. The molecular formula is C19H24ClN3O3S. The molecule has 2 rings (SSSR count). The third kappa shape index (κ3) is 5.22. The van der Waals surface area contributed by atoms with Gasteiger partial charge in [-0.2, -0.15) is 4.31 Å². The van der Waals surface area contributed by atoms with Gasteiger partial charge in [-0.3, -0.25) is 4.79 Å². The van der Waals surface area contributed by atoms with Crippen LogP contribution in [-0.2, 0) is 14.8 Å². The number of aryl methyl sites for hydroxylation is 1. The first-order chi connectivity index (χ1) is 12.8. The molecule has 2 aromatic carbocycles. The maximum atomic E-state index is 12.7. The molecule has 0 aliphatic heterocycles. The average Bonchev–Trinajstić information content (AvgIpc) is 2.63. The summed E-state index contributed by atoms with van der Waals surface area (Å²) >= 11 is 6.06. The van der Waals surface area contributed by atoms with Crippen LogP contribution in [0.15, 0.2) is 47.4 Å². The second kappa shape index (κ2) is 9.21. The molecule has 8 heteroatoms. The van der Waals surface area contributed by atoms with E-state index in [4.69, 9.17) is 11.6 Å². The summed E-state index contributed by atoms with van der Waals surface area (Å²) in [4.78, 5) is 12.4. The Morgan fingerprint density at radius 2 is 1.74 bits per heavy atom. The molecule has 0 saturated heterocycles. The van der Waals surface area contributed by atoms with Crippen molar-refractivity contribution >= 4 is 38.9 Å². The standard InChI is InChI=1S/C19H24ClN3O3S/c1-4-23(5-2)27(25,26)15-11-10-14(3)18(12-15)22-19(24)13-21-17-9-7-6-8-16(17)20/h6-12,21H,4-5,13H2,1-3H3,(H,22,24). The molecule has 0 bridgehead atoms. The number of sulfonamides is 1. The van der Waals surface area contributed by atoms with Crippen molar-refractivity contribution in [1.29, 1.82) is 0 Å². The fraction of sp³-hybridized carbons (Fsp3) is 0.316. The zero-order chi connectivity index (χ0) is 20.0. The summed E-state index contributed by atoms with van der Waals surface area (Å²) in [6.45, 7) is 6.17. The third-order valence-electron chi connectivity index (χ3n) is 4.14. The lowest BCUT2D eigenvalue weighted by atomic mass is 10.2. The largest absolute Gasteiger partial charge is 0.375 e. The van der Waals surface area contributed by atoms with Gasteiger partial charge in [0.2, 0.25) is 15.9 Å². The number of carbonyl (C=O) groups excluding carboxylic acids is 1. The number of carbonyl (C=O) groups is 1. The highest BCUT2D eigenvalue weighted by molar-refractivity contribution is 7.89. The van der Waals surface area contributed by atoms with Crippen LogP contribution < -0.4 is 10.6 Å². The van der Waals surface area contributed by atoms with E-state index in [0.717, 1.165) is 5.56 Å². The molecular weight excluding hydrogens is 386 g/mol. The SMILES string of the molecule is CCN(CC)S(=O)(=O)c1ccc(C)c(NC(=O)CNc2ccccc2Cl)c1. The van der Waals surface area contributed by atoms with Crippen LogP contribution in [-0.4, -0.2) is 38.3 Å². The Kier molecular flexibility index (Phi) is 7.24. The Morgan fingerprint density at radius 1 is 1.07 bits per heavy atom. The molecule has 6 nitrogen and oxygen atoms in total. The Morgan fingerprint density at radius 3 is 2.37 bits per heavy atom. The Hall–Kier alpha value is -2.09. The molecule has 0 atom stereocenters. The van der Waals surface area contributed by atoms with Crippen LogP contribution in [0.3, 0.4) is 0 Å².